The number of hydrogen-bond acceptors (Lipinski definition) is 7. The molecule has 1 fully saturated rings. The molecule has 1 aliphatic heterocycles. The highest BCUT2D eigenvalue weighted by atomic mass is 35.5. The molecule has 0 atom stereocenters. The van der Waals surface area contributed by atoms with E-state index in [0.717, 1.165) is 6.07 Å². The number of quaternary nitrogens is 1. The molecular formula is C16H18ClFN8O3+2. The van der Waals surface area contributed by atoms with Gasteiger partial charge in [-0.1, -0.05) is 11.6 Å². The molecule has 11 nitrogen and oxygen atoms in total. The Kier molecular flexibility index (Phi) is 5.92. The summed E-state index contributed by atoms with van der Waals surface area (Å²) in [5.41, 5.74) is 11.4. The minimum absolute atomic E-state index is 0.0144. The predicted octanol–water partition coefficient (Wildman–Crippen LogP) is 0.444. The van der Waals surface area contributed by atoms with Crippen LogP contribution in [0.5, 0.6) is 0 Å². The lowest BCUT2D eigenvalue weighted by Crippen LogP contribution is -2.51. The van der Waals surface area contributed by atoms with Crippen LogP contribution < -0.4 is 11.5 Å². The lowest BCUT2D eigenvalue weighted by Gasteiger charge is -2.31. The molecule has 1 aliphatic rings. The zero-order valence-corrected chi connectivity index (χ0v) is 15.9. The number of aromatic nitrogens is 2. The number of aliphatic imine (C=N–C) groups is 1. The van der Waals surface area contributed by atoms with Gasteiger partial charge in [0.05, 0.1) is 18.2 Å². The molecule has 1 aromatic carbocycles. The molecule has 5 N–H and O–H groups in total. The van der Waals surface area contributed by atoms with Crippen molar-refractivity contribution in [3.05, 3.63) is 40.4 Å². The van der Waals surface area contributed by atoms with Crippen molar-refractivity contribution in [2.24, 2.45) is 16.5 Å². The van der Waals surface area contributed by atoms with Crippen molar-refractivity contribution < 1.29 is 28.2 Å². The molecule has 0 saturated carbocycles. The smallest absolute Gasteiger partial charge is 0.341 e. The van der Waals surface area contributed by atoms with Crippen molar-refractivity contribution in [1.82, 2.24) is 10.3 Å². The van der Waals surface area contributed by atoms with E-state index in [-0.39, 0.29) is 39.0 Å². The first-order valence-electron chi connectivity index (χ1n) is 8.43. The van der Waals surface area contributed by atoms with Gasteiger partial charge in [-0.2, -0.15) is 0 Å². The van der Waals surface area contributed by atoms with Crippen molar-refractivity contribution in [3.8, 4) is 6.19 Å². The van der Waals surface area contributed by atoms with Crippen molar-refractivity contribution in [2.45, 2.75) is 6.54 Å². The average molecular weight is 425 g/mol. The lowest BCUT2D eigenvalue weighted by atomic mass is 10.2. The summed E-state index contributed by atoms with van der Waals surface area (Å²) in [6, 6.07) is 3.69. The van der Waals surface area contributed by atoms with E-state index in [1.165, 1.54) is 12.1 Å². The van der Waals surface area contributed by atoms with Crippen LogP contribution in [0.1, 0.15) is 11.4 Å². The van der Waals surface area contributed by atoms with E-state index in [1.807, 2.05) is 0 Å². The maximum atomic E-state index is 13.4. The molecule has 2 heterocycles. The van der Waals surface area contributed by atoms with E-state index in [0.29, 0.717) is 31.0 Å². The SMILES string of the molecule is N#C[N+]1(Cc2nonc2C(=Nc2ccc(F)c(Cl)c2)[N+](O)=C(N)N)CCOCC1. The molecule has 0 amide bonds. The van der Waals surface area contributed by atoms with Gasteiger partial charge in [-0.05, 0) is 33.3 Å². The minimum Gasteiger partial charge on any atom is -0.382 e. The summed E-state index contributed by atoms with van der Waals surface area (Å²) in [6.45, 7) is 1.84. The van der Waals surface area contributed by atoms with Crippen LogP contribution in [-0.2, 0) is 11.3 Å². The number of nitrogens with zero attached hydrogens (tertiary/aromatic N) is 6. The molecule has 0 unspecified atom stereocenters. The molecule has 2 aromatic rings. The number of rotatable bonds is 4. The van der Waals surface area contributed by atoms with E-state index in [2.05, 4.69) is 21.5 Å². The van der Waals surface area contributed by atoms with Gasteiger partial charge in [-0.3, -0.25) is 0 Å². The zero-order valence-electron chi connectivity index (χ0n) is 15.1. The van der Waals surface area contributed by atoms with Crippen LogP contribution in [0.15, 0.2) is 27.8 Å². The van der Waals surface area contributed by atoms with Crippen molar-refractivity contribution in [1.29, 1.82) is 5.26 Å². The maximum absolute atomic E-state index is 13.4. The highest BCUT2D eigenvalue weighted by Gasteiger charge is 2.36. The monoisotopic (exact) mass is 424 g/mol. The first kappa shape index (κ1) is 20.5. The number of guanidine groups is 1. The largest absolute Gasteiger partial charge is 0.382 e. The van der Waals surface area contributed by atoms with Gasteiger partial charge in [-0.25, -0.2) is 13.5 Å². The summed E-state index contributed by atoms with van der Waals surface area (Å²) in [7, 11) is 0. The van der Waals surface area contributed by atoms with Crippen LogP contribution in [0.3, 0.4) is 0 Å². The van der Waals surface area contributed by atoms with Crippen molar-refractivity contribution in [3.63, 3.8) is 0 Å². The molecule has 3 rings (SSSR count). The van der Waals surface area contributed by atoms with Crippen LogP contribution in [0.2, 0.25) is 5.02 Å². The van der Waals surface area contributed by atoms with Crippen LogP contribution in [0.4, 0.5) is 10.1 Å². The van der Waals surface area contributed by atoms with Gasteiger partial charge in [-0.15, -0.1) is 10.3 Å². The molecule has 1 saturated heterocycles. The van der Waals surface area contributed by atoms with Gasteiger partial charge in [0.25, 0.3) is 0 Å². The summed E-state index contributed by atoms with van der Waals surface area (Å²) in [5, 5.41) is 27.4. The van der Waals surface area contributed by atoms with Gasteiger partial charge in [0.1, 0.15) is 31.1 Å². The Labute approximate surface area is 169 Å². The van der Waals surface area contributed by atoms with Gasteiger partial charge in [0, 0.05) is 0 Å². The third kappa shape index (κ3) is 4.43. The first-order chi connectivity index (χ1) is 13.8. The minimum atomic E-state index is -0.630. The highest BCUT2D eigenvalue weighted by Crippen LogP contribution is 2.24. The Balaban J connectivity index is 2.05. The molecule has 152 valence electrons. The fourth-order valence-electron chi connectivity index (χ4n) is 2.75. The number of ether oxygens (including phenoxy) is 1. The Bertz CT molecular complexity index is 1010. The molecule has 29 heavy (non-hydrogen) atoms. The molecule has 13 heteroatoms. The lowest BCUT2D eigenvalue weighted by molar-refractivity contribution is -0.887. The summed E-state index contributed by atoms with van der Waals surface area (Å²) < 4.78 is 24.0. The Morgan fingerprint density at radius 2 is 2.10 bits per heavy atom. The van der Waals surface area contributed by atoms with Gasteiger partial charge in [0.15, 0.2) is 5.69 Å². The summed E-state index contributed by atoms with van der Waals surface area (Å²) in [4.78, 5) is 4.21. The fraction of sp³-hybridized carbons (Fsp3) is 0.312. The average Bonchev–Trinajstić information content (AvgIpc) is 3.16. The van der Waals surface area contributed by atoms with Gasteiger partial charge < -0.3 is 21.4 Å². The highest BCUT2D eigenvalue weighted by molar-refractivity contribution is 6.31. The third-order valence-electron chi connectivity index (χ3n) is 4.34. The Morgan fingerprint density at radius 1 is 1.38 bits per heavy atom. The second-order valence-electron chi connectivity index (χ2n) is 6.29. The number of halogens is 2. The first-order valence-corrected chi connectivity index (χ1v) is 8.80. The van der Waals surface area contributed by atoms with Crippen LogP contribution >= 0.6 is 11.6 Å². The van der Waals surface area contributed by atoms with Crippen LogP contribution in [-0.4, -0.2) is 62.8 Å². The Morgan fingerprint density at radius 3 is 2.72 bits per heavy atom. The summed E-state index contributed by atoms with van der Waals surface area (Å²) in [6.07, 6.45) is 2.26. The van der Waals surface area contributed by atoms with Gasteiger partial charge in [0.2, 0.25) is 5.69 Å². The zero-order chi connectivity index (χ0) is 21.0. The topological polar surface area (TPSA) is 160 Å². The maximum Gasteiger partial charge on any atom is 0.341 e. The number of morpholine rings is 1. The fourth-order valence-corrected chi connectivity index (χ4v) is 2.93. The van der Waals surface area contributed by atoms with E-state index < -0.39 is 11.8 Å². The molecule has 0 spiro atoms. The quantitative estimate of drug-likeness (QED) is 0.121. The number of nitriles is 1. The second kappa shape index (κ2) is 8.39. The van der Waals surface area contributed by atoms with Crippen LogP contribution in [0.25, 0.3) is 0 Å². The summed E-state index contributed by atoms with van der Waals surface area (Å²) in [5.74, 6) is -1.36. The number of benzene rings is 1. The second-order valence-corrected chi connectivity index (χ2v) is 6.70. The molecule has 1 aromatic heterocycles. The number of hydroxylamine groups is 1. The summed E-state index contributed by atoms with van der Waals surface area (Å²) >= 11 is 5.79. The Hall–Kier alpha value is -3.27. The molecule has 0 bridgehead atoms. The number of nitrogens with two attached hydrogens (primary N) is 2. The number of amidine groups is 1. The molecular weight excluding hydrogens is 407 g/mol. The van der Waals surface area contributed by atoms with Crippen LogP contribution in [0, 0.1) is 17.3 Å². The normalized spacial score (nSPS) is 16.2. The third-order valence-corrected chi connectivity index (χ3v) is 4.63. The van der Waals surface area contributed by atoms with E-state index >= 15 is 0 Å². The van der Waals surface area contributed by atoms with E-state index in [4.69, 9.17) is 32.4 Å². The standard InChI is InChI=1S/C16H17ClFN8O3/c17-11-7-10(1-2-12(11)18)22-15(25(27)16(20)21)14-13(23-29-24-14)8-26(9-19)3-5-28-6-4-26/h1-2,7,27H,3-6,8H2,(H3,20,21)/q+1/p+1. The molecule has 0 radical (unpaired) electrons. The van der Waals surface area contributed by atoms with Crippen molar-refractivity contribution in [2.75, 3.05) is 26.3 Å². The molecule has 0 aliphatic carbocycles. The van der Waals surface area contributed by atoms with E-state index in [1.54, 1.807) is 0 Å². The predicted molar refractivity (Wildman–Crippen MR) is 97.5 cm³/mol. The number of hydrogen-bond donors (Lipinski definition) is 3. The van der Waals surface area contributed by atoms with E-state index in [9.17, 15) is 14.9 Å². The van der Waals surface area contributed by atoms with Gasteiger partial charge >= 0.3 is 18.0 Å². The van der Waals surface area contributed by atoms with Crippen molar-refractivity contribution >= 4 is 29.1 Å².